The lowest BCUT2D eigenvalue weighted by Gasteiger charge is -2.16. The Morgan fingerprint density at radius 2 is 2.36 bits per heavy atom. The summed E-state index contributed by atoms with van der Waals surface area (Å²) in [5.41, 5.74) is 1.68. The third-order valence-corrected chi connectivity index (χ3v) is 3.45. The fourth-order valence-corrected chi connectivity index (χ4v) is 2.24. The van der Waals surface area contributed by atoms with E-state index in [1.165, 1.54) is 0 Å². The highest BCUT2D eigenvalue weighted by molar-refractivity contribution is 6.30. The highest BCUT2D eigenvalue weighted by atomic mass is 35.5. The van der Waals surface area contributed by atoms with Crippen LogP contribution in [0.2, 0.25) is 5.02 Å². The summed E-state index contributed by atoms with van der Waals surface area (Å²) in [6, 6.07) is 7.29. The quantitative estimate of drug-likeness (QED) is 0.514. The van der Waals surface area contributed by atoms with E-state index >= 15 is 0 Å². The molecule has 1 aromatic rings. The van der Waals surface area contributed by atoms with Gasteiger partial charge in [-0.2, -0.15) is 5.26 Å². The lowest BCUT2D eigenvalue weighted by Crippen LogP contribution is -2.25. The zero-order valence-corrected chi connectivity index (χ0v) is 13.1. The van der Waals surface area contributed by atoms with Gasteiger partial charge in [-0.1, -0.05) is 24.9 Å². The summed E-state index contributed by atoms with van der Waals surface area (Å²) >= 11 is 5.96. The first-order valence-electron chi connectivity index (χ1n) is 7.17. The van der Waals surface area contributed by atoms with Gasteiger partial charge in [-0.3, -0.25) is 4.79 Å². The second-order valence-corrected chi connectivity index (χ2v) is 5.41. The second-order valence-electron chi connectivity index (χ2n) is 4.97. The van der Waals surface area contributed by atoms with Crippen LogP contribution in [0.15, 0.2) is 35.4 Å². The number of hydrogen-bond acceptors (Lipinski definition) is 3. The lowest BCUT2D eigenvalue weighted by molar-refractivity contribution is -0.117. The smallest absolute Gasteiger partial charge is 0.261 e. The monoisotopic (exact) mass is 316 g/mol. The van der Waals surface area contributed by atoms with E-state index in [9.17, 15) is 4.79 Å². The maximum atomic E-state index is 11.9. The summed E-state index contributed by atoms with van der Waals surface area (Å²) in [7, 11) is 0. The van der Waals surface area contributed by atoms with E-state index in [4.69, 9.17) is 21.6 Å². The topological polar surface area (TPSA) is 62.1 Å². The Hall–Kier alpha value is -2.25. The van der Waals surface area contributed by atoms with Gasteiger partial charge in [0.15, 0.2) is 0 Å². The number of amides is 1. The number of unbranched alkanes of at least 4 members (excludes halogenated alkanes) is 1. The first-order valence-corrected chi connectivity index (χ1v) is 7.54. The fourth-order valence-electron chi connectivity index (χ4n) is 2.06. The molecule has 0 saturated carbocycles. The fraction of sp³-hybridized carbons (Fsp3) is 0.294. The number of hydrogen-bond donors (Lipinski definition) is 1. The Morgan fingerprint density at radius 1 is 1.55 bits per heavy atom. The van der Waals surface area contributed by atoms with Crippen LogP contribution in [0.1, 0.15) is 25.3 Å². The van der Waals surface area contributed by atoms with E-state index in [1.807, 2.05) is 19.1 Å². The van der Waals surface area contributed by atoms with Gasteiger partial charge in [-0.05, 0) is 42.3 Å². The summed E-state index contributed by atoms with van der Waals surface area (Å²) in [6.07, 6.45) is 5.32. The van der Waals surface area contributed by atoms with Gasteiger partial charge in [0.05, 0.1) is 0 Å². The van der Waals surface area contributed by atoms with Crippen molar-refractivity contribution in [1.29, 1.82) is 5.26 Å². The Bertz CT molecular complexity index is 672. The summed E-state index contributed by atoms with van der Waals surface area (Å²) in [4.78, 5) is 11.9. The van der Waals surface area contributed by atoms with Crippen LogP contribution in [0.5, 0.6) is 5.75 Å². The van der Waals surface area contributed by atoms with Crippen molar-refractivity contribution >= 4 is 23.6 Å². The van der Waals surface area contributed by atoms with Crippen LogP contribution < -0.4 is 10.1 Å². The van der Waals surface area contributed by atoms with Crippen molar-refractivity contribution < 1.29 is 9.53 Å². The molecule has 1 aliphatic heterocycles. The number of halogens is 1. The summed E-state index contributed by atoms with van der Waals surface area (Å²) in [5, 5.41) is 12.5. The first kappa shape index (κ1) is 16.1. The summed E-state index contributed by atoms with van der Waals surface area (Å²) in [6.45, 7) is 2.93. The molecule has 22 heavy (non-hydrogen) atoms. The Morgan fingerprint density at radius 3 is 3.09 bits per heavy atom. The minimum absolute atomic E-state index is 0.0800. The zero-order chi connectivity index (χ0) is 15.9. The standard InChI is InChI=1S/C17H17ClN2O2/c1-2-3-6-20-17(21)14(10-19)8-12-7-13-9-15(18)4-5-16(13)22-11-12/h4-5,7-9H,2-3,6,11H2,1H3,(H,20,21)/b14-8-. The van der Waals surface area contributed by atoms with E-state index in [2.05, 4.69) is 5.32 Å². The van der Waals surface area contributed by atoms with Crippen LogP contribution in [0, 0.1) is 11.3 Å². The number of rotatable bonds is 5. The van der Waals surface area contributed by atoms with Crippen LogP contribution in [0.3, 0.4) is 0 Å². The molecule has 0 unspecified atom stereocenters. The number of ether oxygens (including phenoxy) is 1. The average Bonchev–Trinajstić information content (AvgIpc) is 2.52. The third kappa shape index (κ3) is 4.12. The van der Waals surface area contributed by atoms with Crippen LogP contribution in [-0.4, -0.2) is 19.1 Å². The van der Waals surface area contributed by atoms with Crippen molar-refractivity contribution in [2.45, 2.75) is 19.8 Å². The van der Waals surface area contributed by atoms with Gasteiger partial charge < -0.3 is 10.1 Å². The maximum Gasteiger partial charge on any atom is 0.261 e. The van der Waals surface area contributed by atoms with Crippen molar-refractivity contribution in [2.75, 3.05) is 13.2 Å². The summed E-state index contributed by atoms with van der Waals surface area (Å²) < 4.78 is 5.60. The maximum absolute atomic E-state index is 11.9. The Labute approximate surface area is 135 Å². The van der Waals surface area contributed by atoms with Crippen molar-refractivity contribution in [1.82, 2.24) is 5.32 Å². The number of carbonyl (C=O) groups excluding carboxylic acids is 1. The minimum atomic E-state index is -0.353. The molecule has 0 atom stereocenters. The molecule has 114 valence electrons. The number of nitriles is 1. The van der Waals surface area contributed by atoms with E-state index in [1.54, 1.807) is 24.3 Å². The van der Waals surface area contributed by atoms with Crippen LogP contribution in [0.4, 0.5) is 0 Å². The Kier molecular flexibility index (Phi) is 5.62. The minimum Gasteiger partial charge on any atom is -0.488 e. The van der Waals surface area contributed by atoms with Gasteiger partial charge in [-0.15, -0.1) is 0 Å². The molecule has 0 bridgehead atoms. The van der Waals surface area contributed by atoms with Crippen LogP contribution in [0.25, 0.3) is 6.08 Å². The number of carbonyl (C=O) groups is 1. The van der Waals surface area contributed by atoms with E-state index in [-0.39, 0.29) is 11.5 Å². The van der Waals surface area contributed by atoms with Crippen molar-refractivity contribution in [3.05, 3.63) is 46.0 Å². The normalized spacial score (nSPS) is 13.5. The van der Waals surface area contributed by atoms with E-state index < -0.39 is 0 Å². The molecule has 0 fully saturated rings. The predicted octanol–water partition coefficient (Wildman–Crippen LogP) is 3.48. The molecule has 4 nitrogen and oxygen atoms in total. The molecule has 0 radical (unpaired) electrons. The molecule has 1 aliphatic rings. The molecule has 2 rings (SSSR count). The molecule has 0 aromatic heterocycles. The van der Waals surface area contributed by atoms with Crippen molar-refractivity contribution in [2.24, 2.45) is 0 Å². The number of benzene rings is 1. The van der Waals surface area contributed by atoms with Gasteiger partial charge in [0.2, 0.25) is 0 Å². The Balaban J connectivity index is 2.17. The largest absolute Gasteiger partial charge is 0.488 e. The number of nitrogens with one attached hydrogen (secondary N) is 1. The number of fused-ring (bicyclic) bond motifs is 1. The van der Waals surface area contributed by atoms with Gasteiger partial charge in [-0.25, -0.2) is 0 Å². The molecule has 1 amide bonds. The highest BCUT2D eigenvalue weighted by Crippen LogP contribution is 2.29. The molecular formula is C17H17ClN2O2. The van der Waals surface area contributed by atoms with Gasteiger partial charge >= 0.3 is 0 Å². The van der Waals surface area contributed by atoms with E-state index in [0.717, 1.165) is 29.7 Å². The molecular weight excluding hydrogens is 300 g/mol. The SMILES string of the molecule is CCCCNC(=O)/C(C#N)=C\C1=Cc2cc(Cl)ccc2OC1. The third-order valence-electron chi connectivity index (χ3n) is 3.22. The van der Waals surface area contributed by atoms with Crippen molar-refractivity contribution in [3.8, 4) is 11.8 Å². The van der Waals surface area contributed by atoms with Gasteiger partial charge in [0.1, 0.15) is 24.0 Å². The van der Waals surface area contributed by atoms with Crippen LogP contribution in [-0.2, 0) is 4.79 Å². The predicted molar refractivity (Wildman–Crippen MR) is 86.5 cm³/mol. The highest BCUT2D eigenvalue weighted by Gasteiger charge is 2.14. The molecule has 5 heteroatoms. The van der Waals surface area contributed by atoms with Gasteiger partial charge in [0.25, 0.3) is 5.91 Å². The van der Waals surface area contributed by atoms with Crippen LogP contribution >= 0.6 is 11.6 Å². The number of nitrogens with zero attached hydrogens (tertiary/aromatic N) is 1. The molecule has 0 saturated heterocycles. The van der Waals surface area contributed by atoms with Crippen molar-refractivity contribution in [3.63, 3.8) is 0 Å². The summed E-state index contributed by atoms with van der Waals surface area (Å²) in [5.74, 6) is 0.390. The zero-order valence-electron chi connectivity index (χ0n) is 12.4. The first-order chi connectivity index (χ1) is 10.6. The molecule has 0 spiro atoms. The lowest BCUT2D eigenvalue weighted by atomic mass is 10.1. The van der Waals surface area contributed by atoms with E-state index in [0.29, 0.717) is 18.2 Å². The van der Waals surface area contributed by atoms with Gasteiger partial charge in [0, 0.05) is 17.1 Å². The second kappa shape index (κ2) is 7.67. The molecule has 1 aromatic carbocycles. The average molecular weight is 317 g/mol. The molecule has 0 aliphatic carbocycles. The molecule has 1 heterocycles. The molecule has 1 N–H and O–H groups in total.